The van der Waals surface area contributed by atoms with Crippen LogP contribution < -0.4 is 0 Å². The maximum atomic E-state index is 11.9. The Hall–Kier alpha value is -2.70. The summed E-state index contributed by atoms with van der Waals surface area (Å²) >= 11 is 0. The number of hydrogen-bond donors (Lipinski definition) is 0. The van der Waals surface area contributed by atoms with E-state index in [2.05, 4.69) is 15.2 Å². The number of ether oxygens (including phenoxy) is 1. The van der Waals surface area contributed by atoms with Crippen molar-refractivity contribution in [3.63, 3.8) is 0 Å². The lowest BCUT2D eigenvalue weighted by molar-refractivity contribution is 0.0528. The number of aromatic nitrogens is 5. The monoisotopic (exact) mass is 285 g/mol. The van der Waals surface area contributed by atoms with E-state index >= 15 is 0 Å². The second-order valence-corrected chi connectivity index (χ2v) is 4.65. The van der Waals surface area contributed by atoms with Gasteiger partial charge in [-0.2, -0.15) is 10.2 Å². The molecule has 0 fully saturated rings. The van der Waals surface area contributed by atoms with Gasteiger partial charge < -0.3 is 4.74 Å². The lowest BCUT2D eigenvalue weighted by Gasteiger charge is -2.03. The Balaban J connectivity index is 2.18. The highest BCUT2D eigenvalue weighted by Crippen LogP contribution is 2.23. The van der Waals surface area contributed by atoms with E-state index in [1.807, 2.05) is 26.2 Å². The van der Waals surface area contributed by atoms with Gasteiger partial charge in [0.25, 0.3) is 0 Å². The number of fused-ring (bicyclic) bond motifs is 1. The summed E-state index contributed by atoms with van der Waals surface area (Å²) in [6.45, 7) is 4.01. The van der Waals surface area contributed by atoms with Crippen LogP contribution in [0.2, 0.25) is 0 Å². The van der Waals surface area contributed by atoms with Crippen LogP contribution in [0.25, 0.3) is 16.9 Å². The van der Waals surface area contributed by atoms with E-state index in [0.29, 0.717) is 17.8 Å². The molecule has 0 N–H and O–H groups in total. The summed E-state index contributed by atoms with van der Waals surface area (Å²) in [6.07, 6.45) is 5.05. The van der Waals surface area contributed by atoms with Crippen molar-refractivity contribution < 1.29 is 9.53 Å². The minimum absolute atomic E-state index is 0.317. The molecule has 0 aliphatic rings. The SMILES string of the molecule is CCOC(=O)c1cnn2c(-c3cn(C)nc3C)ccnc12. The van der Waals surface area contributed by atoms with E-state index in [1.165, 1.54) is 6.20 Å². The molecule has 108 valence electrons. The predicted octanol–water partition coefficient (Wildman–Crippen LogP) is 1.61. The zero-order valence-electron chi connectivity index (χ0n) is 12.1. The van der Waals surface area contributed by atoms with Gasteiger partial charge in [-0.1, -0.05) is 0 Å². The summed E-state index contributed by atoms with van der Waals surface area (Å²) < 4.78 is 8.40. The summed E-state index contributed by atoms with van der Waals surface area (Å²) in [4.78, 5) is 16.1. The molecular formula is C14H15N5O2. The van der Waals surface area contributed by atoms with Crippen LogP contribution in [-0.4, -0.2) is 37.0 Å². The van der Waals surface area contributed by atoms with Gasteiger partial charge in [0.05, 0.1) is 24.2 Å². The first kappa shape index (κ1) is 13.3. The van der Waals surface area contributed by atoms with Gasteiger partial charge >= 0.3 is 5.97 Å². The molecule has 0 aromatic carbocycles. The molecule has 0 unspecified atom stereocenters. The Morgan fingerprint density at radius 2 is 2.24 bits per heavy atom. The minimum atomic E-state index is -0.417. The molecule has 3 rings (SSSR count). The predicted molar refractivity (Wildman–Crippen MR) is 75.9 cm³/mol. The van der Waals surface area contributed by atoms with Crippen molar-refractivity contribution >= 4 is 11.6 Å². The average molecular weight is 285 g/mol. The molecule has 0 saturated carbocycles. The fourth-order valence-electron chi connectivity index (χ4n) is 2.30. The summed E-state index contributed by atoms with van der Waals surface area (Å²) in [7, 11) is 1.86. The molecule has 0 spiro atoms. The summed E-state index contributed by atoms with van der Waals surface area (Å²) in [5.74, 6) is -0.417. The van der Waals surface area contributed by atoms with E-state index in [4.69, 9.17) is 4.74 Å². The lowest BCUT2D eigenvalue weighted by atomic mass is 10.2. The quantitative estimate of drug-likeness (QED) is 0.683. The van der Waals surface area contributed by atoms with Crippen LogP contribution in [0.5, 0.6) is 0 Å². The van der Waals surface area contributed by atoms with Crippen LogP contribution in [0.3, 0.4) is 0 Å². The first-order valence-electron chi connectivity index (χ1n) is 6.62. The maximum absolute atomic E-state index is 11.9. The highest BCUT2D eigenvalue weighted by molar-refractivity contribution is 5.95. The van der Waals surface area contributed by atoms with Crippen molar-refractivity contribution in [3.8, 4) is 11.3 Å². The van der Waals surface area contributed by atoms with Crippen LogP contribution in [0, 0.1) is 6.92 Å². The first-order valence-corrected chi connectivity index (χ1v) is 6.62. The first-order chi connectivity index (χ1) is 10.1. The number of nitrogens with zero attached hydrogens (tertiary/aromatic N) is 5. The molecule has 0 saturated heterocycles. The van der Waals surface area contributed by atoms with E-state index in [1.54, 1.807) is 22.3 Å². The zero-order valence-corrected chi connectivity index (χ0v) is 12.1. The molecule has 3 aromatic heterocycles. The topological polar surface area (TPSA) is 74.3 Å². The molecule has 7 heteroatoms. The minimum Gasteiger partial charge on any atom is -0.462 e. The van der Waals surface area contributed by atoms with Crippen LogP contribution >= 0.6 is 0 Å². The van der Waals surface area contributed by atoms with Gasteiger partial charge in [0.1, 0.15) is 5.56 Å². The maximum Gasteiger partial charge on any atom is 0.343 e. The molecule has 0 bridgehead atoms. The largest absolute Gasteiger partial charge is 0.462 e. The van der Waals surface area contributed by atoms with Crippen molar-refractivity contribution in [2.45, 2.75) is 13.8 Å². The smallest absolute Gasteiger partial charge is 0.343 e. The molecular weight excluding hydrogens is 270 g/mol. The van der Waals surface area contributed by atoms with Gasteiger partial charge in [-0.3, -0.25) is 4.68 Å². The zero-order chi connectivity index (χ0) is 15.0. The number of rotatable bonds is 3. The Morgan fingerprint density at radius 1 is 1.43 bits per heavy atom. The molecule has 3 aromatic rings. The molecule has 3 heterocycles. The average Bonchev–Trinajstić information content (AvgIpc) is 3.02. The Morgan fingerprint density at radius 3 is 2.90 bits per heavy atom. The Labute approximate surface area is 121 Å². The lowest BCUT2D eigenvalue weighted by Crippen LogP contribution is -2.05. The molecule has 7 nitrogen and oxygen atoms in total. The fraction of sp³-hybridized carbons (Fsp3) is 0.286. The Kier molecular flexibility index (Phi) is 3.17. The third-order valence-corrected chi connectivity index (χ3v) is 3.19. The third kappa shape index (κ3) is 2.16. The summed E-state index contributed by atoms with van der Waals surface area (Å²) in [6, 6.07) is 1.85. The van der Waals surface area contributed by atoms with Gasteiger partial charge in [0, 0.05) is 25.0 Å². The van der Waals surface area contributed by atoms with Crippen LogP contribution in [-0.2, 0) is 11.8 Å². The number of carbonyl (C=O) groups is 1. The van der Waals surface area contributed by atoms with Gasteiger partial charge in [0.2, 0.25) is 0 Å². The van der Waals surface area contributed by atoms with Crippen molar-refractivity contribution in [1.29, 1.82) is 0 Å². The third-order valence-electron chi connectivity index (χ3n) is 3.19. The number of esters is 1. The molecule has 0 aliphatic carbocycles. The second-order valence-electron chi connectivity index (χ2n) is 4.65. The van der Waals surface area contributed by atoms with Crippen molar-refractivity contribution in [2.75, 3.05) is 6.61 Å². The van der Waals surface area contributed by atoms with Crippen molar-refractivity contribution in [2.24, 2.45) is 7.05 Å². The number of aryl methyl sites for hydroxylation is 2. The molecule has 0 amide bonds. The highest BCUT2D eigenvalue weighted by atomic mass is 16.5. The number of hydrogen-bond acceptors (Lipinski definition) is 5. The fourth-order valence-corrected chi connectivity index (χ4v) is 2.30. The van der Waals surface area contributed by atoms with Crippen LogP contribution in [0.1, 0.15) is 23.0 Å². The van der Waals surface area contributed by atoms with E-state index < -0.39 is 5.97 Å². The standard InChI is InChI=1S/C14H15N5O2/c1-4-21-14(20)10-7-16-19-12(5-6-15-13(10)19)11-8-18(3)17-9(11)2/h5-8H,4H2,1-3H3. The molecule has 0 radical (unpaired) electrons. The van der Waals surface area contributed by atoms with E-state index in [-0.39, 0.29) is 0 Å². The van der Waals surface area contributed by atoms with E-state index in [0.717, 1.165) is 17.0 Å². The Bertz CT molecular complexity index is 818. The van der Waals surface area contributed by atoms with Gasteiger partial charge in [-0.25, -0.2) is 14.3 Å². The van der Waals surface area contributed by atoms with E-state index in [9.17, 15) is 4.79 Å². The molecule has 0 atom stereocenters. The van der Waals surface area contributed by atoms with Crippen LogP contribution in [0.15, 0.2) is 24.7 Å². The van der Waals surface area contributed by atoms with Crippen molar-refractivity contribution in [3.05, 3.63) is 35.9 Å². The second kappa shape index (κ2) is 5.01. The van der Waals surface area contributed by atoms with Gasteiger partial charge in [-0.15, -0.1) is 0 Å². The van der Waals surface area contributed by atoms with Crippen LogP contribution in [0.4, 0.5) is 0 Å². The molecule has 0 aliphatic heterocycles. The summed E-state index contributed by atoms with van der Waals surface area (Å²) in [5.41, 5.74) is 3.51. The van der Waals surface area contributed by atoms with Gasteiger partial charge in [0.15, 0.2) is 5.65 Å². The molecule has 21 heavy (non-hydrogen) atoms. The summed E-state index contributed by atoms with van der Waals surface area (Å²) in [5, 5.41) is 8.59. The van der Waals surface area contributed by atoms with Crippen molar-refractivity contribution in [1.82, 2.24) is 24.4 Å². The highest BCUT2D eigenvalue weighted by Gasteiger charge is 2.18. The van der Waals surface area contributed by atoms with Gasteiger partial charge in [-0.05, 0) is 19.9 Å². The number of carbonyl (C=O) groups excluding carboxylic acids is 1. The normalized spacial score (nSPS) is 11.0.